The van der Waals surface area contributed by atoms with Crippen LogP contribution in [0.4, 0.5) is 74.6 Å². The Balaban J connectivity index is 4.08. The van der Waals surface area contributed by atoms with Gasteiger partial charge in [0.25, 0.3) is 0 Å². The maximum Gasteiger partial charge on any atom is 0.460 e. The first kappa shape index (κ1) is 25.3. The molecule has 2 atom stereocenters. The Hall–Kier alpha value is -1.72. The molecule has 1 fully saturated rings. The number of aliphatic carboxylic acids is 1. The van der Waals surface area contributed by atoms with Gasteiger partial charge in [-0.3, -0.25) is 0 Å². The van der Waals surface area contributed by atoms with Crippen molar-refractivity contribution in [2.75, 3.05) is 0 Å². The Morgan fingerprint density at radius 1 is 0.586 bits per heavy atom. The summed E-state index contributed by atoms with van der Waals surface area (Å²) >= 11 is 0. The van der Waals surface area contributed by atoms with Crippen LogP contribution in [0.1, 0.15) is 0 Å². The summed E-state index contributed by atoms with van der Waals surface area (Å²) in [5.41, 5.74) is -16.1. The fraction of sp³-hybridized carbons (Fsp3) is 0.900. The molecule has 0 aromatic rings. The number of halogens is 17. The zero-order valence-corrected chi connectivity index (χ0v) is 12.3. The molecule has 0 saturated heterocycles. The van der Waals surface area contributed by atoms with Gasteiger partial charge in [-0.05, 0) is 0 Å². The molecule has 29 heavy (non-hydrogen) atoms. The van der Waals surface area contributed by atoms with E-state index in [0.29, 0.717) is 0 Å². The van der Waals surface area contributed by atoms with Crippen molar-refractivity contribution in [2.24, 2.45) is 0 Å². The number of carboxylic acids is 1. The maximum atomic E-state index is 14.0. The van der Waals surface area contributed by atoms with E-state index in [1.54, 1.807) is 0 Å². The fourth-order valence-corrected chi connectivity index (χ4v) is 2.32. The van der Waals surface area contributed by atoms with Gasteiger partial charge < -0.3 is 5.11 Å². The van der Waals surface area contributed by atoms with Gasteiger partial charge in [-0.15, -0.1) is 0 Å². The summed E-state index contributed by atoms with van der Waals surface area (Å²) in [5, 5.41) is 7.97. The topological polar surface area (TPSA) is 37.3 Å². The molecular weight excluding hydrogens is 475 g/mol. The number of carboxylic acid groups (broad SMARTS) is 1. The van der Waals surface area contributed by atoms with Crippen LogP contribution in [0.2, 0.25) is 0 Å². The first-order chi connectivity index (χ1) is 12.2. The third kappa shape index (κ3) is 2.13. The van der Waals surface area contributed by atoms with Crippen molar-refractivity contribution in [3.05, 3.63) is 0 Å². The third-order valence-corrected chi connectivity index (χ3v) is 4.00. The van der Waals surface area contributed by atoms with E-state index < -0.39 is 59.0 Å². The minimum absolute atomic E-state index is 4.55. The zero-order valence-electron chi connectivity index (χ0n) is 12.3. The van der Waals surface area contributed by atoms with E-state index in [0.717, 1.165) is 0 Å². The van der Waals surface area contributed by atoms with Crippen molar-refractivity contribution in [3.63, 3.8) is 0 Å². The van der Waals surface area contributed by atoms with Crippen molar-refractivity contribution in [1.82, 2.24) is 0 Å². The standard InChI is InChI=1S/C10HF17O2/c11-2(1(28)29)4(13,14)3(12,6(17,18)5(2,15)16)7(19,20)8(21,22)9(23,24)10(25,26)27/h(H,28,29). The van der Waals surface area contributed by atoms with Crippen molar-refractivity contribution >= 4 is 5.97 Å². The Morgan fingerprint density at radius 2 is 0.931 bits per heavy atom. The number of hydrogen-bond donors (Lipinski definition) is 1. The van der Waals surface area contributed by atoms with Crippen molar-refractivity contribution in [1.29, 1.82) is 0 Å². The normalized spacial score (nSPS) is 32.3. The van der Waals surface area contributed by atoms with Gasteiger partial charge in [-0.1, -0.05) is 0 Å². The summed E-state index contributed by atoms with van der Waals surface area (Å²) < 4.78 is 222. The molecule has 1 saturated carbocycles. The second-order valence-electron chi connectivity index (χ2n) is 5.57. The zero-order chi connectivity index (χ0) is 24.1. The van der Waals surface area contributed by atoms with Gasteiger partial charge in [0.1, 0.15) is 0 Å². The third-order valence-electron chi connectivity index (χ3n) is 4.00. The lowest BCUT2D eigenvalue weighted by molar-refractivity contribution is -0.438. The summed E-state index contributed by atoms with van der Waals surface area (Å²) in [7, 11) is 0. The Labute approximate surface area is 145 Å². The largest absolute Gasteiger partial charge is 0.479 e. The highest BCUT2D eigenvalue weighted by atomic mass is 19.4. The van der Waals surface area contributed by atoms with Gasteiger partial charge in [0.2, 0.25) is 0 Å². The van der Waals surface area contributed by atoms with Gasteiger partial charge in [0.05, 0.1) is 0 Å². The average Bonchev–Trinajstić information content (AvgIpc) is 2.55. The molecule has 19 heteroatoms. The second-order valence-corrected chi connectivity index (χ2v) is 5.57. The van der Waals surface area contributed by atoms with E-state index >= 15 is 0 Å². The summed E-state index contributed by atoms with van der Waals surface area (Å²) in [4.78, 5) is 10.3. The monoisotopic (exact) mass is 476 g/mol. The molecule has 0 amide bonds. The molecule has 2 unspecified atom stereocenters. The molecule has 1 N–H and O–H groups in total. The van der Waals surface area contributed by atoms with Gasteiger partial charge in [-0.2, -0.15) is 65.9 Å². The Morgan fingerprint density at radius 3 is 1.17 bits per heavy atom. The minimum atomic E-state index is -8.83. The van der Waals surface area contributed by atoms with E-state index in [2.05, 4.69) is 0 Å². The van der Waals surface area contributed by atoms with Crippen molar-refractivity contribution in [3.8, 4) is 0 Å². The lowest BCUT2D eigenvalue weighted by Crippen LogP contribution is -2.75. The van der Waals surface area contributed by atoms with Gasteiger partial charge >= 0.3 is 59.0 Å². The van der Waals surface area contributed by atoms with Crippen LogP contribution in [0.15, 0.2) is 0 Å². The molecule has 2 nitrogen and oxygen atoms in total. The van der Waals surface area contributed by atoms with Crippen molar-refractivity contribution < 1.29 is 84.5 Å². The molecule has 0 radical (unpaired) electrons. The van der Waals surface area contributed by atoms with Crippen LogP contribution in [-0.2, 0) is 4.79 Å². The highest BCUT2D eigenvalue weighted by Gasteiger charge is 3.09. The maximum absolute atomic E-state index is 14.0. The Kier molecular flexibility index (Phi) is 4.80. The molecule has 0 aromatic carbocycles. The van der Waals surface area contributed by atoms with E-state index in [-0.39, 0.29) is 0 Å². The SMILES string of the molecule is O=C(O)C1(F)C(F)(F)C(F)(F)C(F)(C(F)(F)C(F)(F)C(F)(F)C(F)(F)F)C1(F)F. The molecule has 0 aliphatic heterocycles. The van der Waals surface area contributed by atoms with E-state index in [4.69, 9.17) is 5.11 Å². The van der Waals surface area contributed by atoms with Crippen LogP contribution in [-0.4, -0.2) is 64.1 Å². The second kappa shape index (κ2) is 5.50. The van der Waals surface area contributed by atoms with Crippen LogP contribution in [0.3, 0.4) is 0 Å². The number of hydrogen-bond acceptors (Lipinski definition) is 1. The lowest BCUT2D eigenvalue weighted by atomic mass is 9.82. The quantitative estimate of drug-likeness (QED) is 0.588. The molecular formula is C10HF17O2. The molecule has 1 aliphatic rings. The molecule has 0 heterocycles. The van der Waals surface area contributed by atoms with Crippen LogP contribution in [0.5, 0.6) is 0 Å². The van der Waals surface area contributed by atoms with Gasteiger partial charge in [0.15, 0.2) is 0 Å². The molecule has 1 aliphatic carbocycles. The highest BCUT2D eigenvalue weighted by Crippen LogP contribution is 2.74. The average molecular weight is 476 g/mol. The van der Waals surface area contributed by atoms with Crippen LogP contribution in [0.25, 0.3) is 0 Å². The number of rotatable bonds is 4. The fourth-order valence-electron chi connectivity index (χ4n) is 2.32. The van der Waals surface area contributed by atoms with Crippen molar-refractivity contribution in [2.45, 2.75) is 53.0 Å². The first-order valence-electron chi connectivity index (χ1n) is 6.14. The molecule has 0 spiro atoms. The molecule has 172 valence electrons. The number of carbonyl (C=O) groups is 1. The lowest BCUT2D eigenvalue weighted by Gasteiger charge is -2.42. The van der Waals surface area contributed by atoms with Crippen LogP contribution >= 0.6 is 0 Å². The summed E-state index contributed by atoms with van der Waals surface area (Å²) in [6.07, 6.45) is -7.89. The summed E-state index contributed by atoms with van der Waals surface area (Å²) in [5.74, 6) is -54.7. The minimum Gasteiger partial charge on any atom is -0.479 e. The highest BCUT2D eigenvalue weighted by molar-refractivity contribution is 5.83. The molecule has 0 aromatic heterocycles. The molecule has 1 rings (SSSR count). The van der Waals surface area contributed by atoms with Gasteiger partial charge in [-0.25, -0.2) is 13.6 Å². The summed E-state index contributed by atoms with van der Waals surface area (Å²) in [6, 6.07) is 0. The first-order valence-corrected chi connectivity index (χ1v) is 6.14. The van der Waals surface area contributed by atoms with E-state index in [1.165, 1.54) is 0 Å². The van der Waals surface area contributed by atoms with Crippen LogP contribution < -0.4 is 0 Å². The predicted octanol–water partition coefficient (Wildman–Crippen LogP) is 4.88. The smallest absolute Gasteiger partial charge is 0.460 e. The van der Waals surface area contributed by atoms with E-state index in [9.17, 15) is 79.4 Å². The predicted molar refractivity (Wildman–Crippen MR) is 51.1 cm³/mol. The Bertz CT molecular complexity index is 707. The molecule has 0 bridgehead atoms. The van der Waals surface area contributed by atoms with Gasteiger partial charge in [0, 0.05) is 0 Å². The van der Waals surface area contributed by atoms with E-state index in [1.807, 2.05) is 0 Å². The summed E-state index contributed by atoms with van der Waals surface area (Å²) in [6.45, 7) is 0. The van der Waals surface area contributed by atoms with Crippen LogP contribution in [0, 0.1) is 0 Å². The number of alkyl halides is 17.